The molecule has 2 fully saturated rings. The third-order valence-corrected chi connectivity index (χ3v) is 8.54. The quantitative estimate of drug-likeness (QED) is 0.205. The van der Waals surface area contributed by atoms with Crippen molar-refractivity contribution < 1.29 is 35.3 Å². The Hall–Kier alpha value is -1.19. The number of hydrogen-bond donors (Lipinski definition) is 0. The lowest BCUT2D eigenvalue weighted by molar-refractivity contribution is -0.153. The molecule has 1 atom stereocenters. The second-order valence-electron chi connectivity index (χ2n) is 9.31. The normalized spacial score (nSPS) is 29.7. The van der Waals surface area contributed by atoms with E-state index in [2.05, 4.69) is 4.18 Å². The van der Waals surface area contributed by atoms with Crippen LogP contribution >= 0.6 is 0 Å². The lowest BCUT2D eigenvalue weighted by Crippen LogP contribution is -2.39. The summed E-state index contributed by atoms with van der Waals surface area (Å²) in [4.78, 5) is 12.8. The maximum absolute atomic E-state index is 13.0. The zero-order valence-corrected chi connectivity index (χ0v) is 18.9. The molecule has 2 bridgehead atoms. The minimum atomic E-state index is -5.86. The highest BCUT2D eigenvalue weighted by atomic mass is 32.2. The molecule has 3 aliphatic rings. The molecule has 2 aliphatic heterocycles. The highest BCUT2D eigenvalue weighted by molar-refractivity contribution is 7.87. The van der Waals surface area contributed by atoms with Crippen molar-refractivity contribution in [2.45, 2.75) is 101 Å². The Morgan fingerprint density at radius 3 is 2.29 bits per heavy atom. The summed E-state index contributed by atoms with van der Waals surface area (Å²) < 4.78 is 72.0. The van der Waals surface area contributed by atoms with Gasteiger partial charge in [0.05, 0.1) is 7.11 Å². The average molecular weight is 464 g/mol. The number of hydrogen-bond acceptors (Lipinski definition) is 5. The molecule has 5 nitrogen and oxygen atoms in total. The number of rotatable bonds is 7. The predicted molar refractivity (Wildman–Crippen MR) is 112 cm³/mol. The molecule has 0 spiro atoms. The molecule has 0 amide bonds. The van der Waals surface area contributed by atoms with E-state index in [4.69, 9.17) is 4.74 Å². The molecule has 31 heavy (non-hydrogen) atoms. The topological polar surface area (TPSA) is 69.7 Å². The van der Waals surface area contributed by atoms with Crippen molar-refractivity contribution in [2.24, 2.45) is 5.41 Å². The Morgan fingerprint density at radius 1 is 1.13 bits per heavy atom. The average Bonchev–Trinajstić information content (AvgIpc) is 2.89. The van der Waals surface area contributed by atoms with Crippen LogP contribution in [-0.4, -0.2) is 33.7 Å². The van der Waals surface area contributed by atoms with Gasteiger partial charge in [0.2, 0.25) is 0 Å². The van der Waals surface area contributed by atoms with E-state index in [9.17, 15) is 26.4 Å². The summed E-state index contributed by atoms with van der Waals surface area (Å²) in [6, 6.07) is 0. The summed E-state index contributed by atoms with van der Waals surface area (Å²) in [5, 5.41) is 0. The maximum Gasteiger partial charge on any atom is 0.534 e. The number of carbonyl (C=O) groups is 1. The van der Waals surface area contributed by atoms with Crippen LogP contribution in [0.4, 0.5) is 13.2 Å². The van der Waals surface area contributed by atoms with Crippen molar-refractivity contribution in [2.75, 3.05) is 7.11 Å². The summed E-state index contributed by atoms with van der Waals surface area (Å²) in [5.74, 6) is 0.236. The van der Waals surface area contributed by atoms with Gasteiger partial charge in [0, 0.05) is 0 Å². The number of esters is 1. The van der Waals surface area contributed by atoms with Gasteiger partial charge in [-0.05, 0) is 31.8 Å². The summed E-state index contributed by atoms with van der Waals surface area (Å²) in [7, 11) is -4.68. The second-order valence-corrected chi connectivity index (χ2v) is 10.8. The Labute approximate surface area is 183 Å². The number of halogens is 3. The van der Waals surface area contributed by atoms with Crippen molar-refractivity contribution in [1.82, 2.24) is 0 Å². The molecule has 0 aromatic heterocycles. The van der Waals surface area contributed by atoms with E-state index in [0.717, 1.165) is 6.32 Å². The van der Waals surface area contributed by atoms with Gasteiger partial charge in [-0.2, -0.15) is 21.6 Å². The van der Waals surface area contributed by atoms with Crippen LogP contribution in [0.1, 0.15) is 77.0 Å². The predicted octanol–water partition coefficient (Wildman–Crippen LogP) is 5.85. The maximum atomic E-state index is 13.0. The van der Waals surface area contributed by atoms with Crippen LogP contribution in [0.25, 0.3) is 0 Å². The van der Waals surface area contributed by atoms with Gasteiger partial charge in [-0.15, -0.1) is 0 Å². The van der Waals surface area contributed by atoms with Gasteiger partial charge in [0.1, 0.15) is 17.9 Å². The molecular weight excluding hydrogens is 432 g/mol. The first kappa shape index (κ1) is 24.5. The van der Waals surface area contributed by atoms with Crippen molar-refractivity contribution in [3.8, 4) is 0 Å². The molecule has 0 aromatic carbocycles. The van der Waals surface area contributed by atoms with Gasteiger partial charge in [-0.1, -0.05) is 69.3 Å². The Kier molecular flexibility index (Phi) is 7.69. The molecule has 1 aliphatic carbocycles. The fraction of sp³-hybridized carbons (Fsp3) is 0.857. The third kappa shape index (κ3) is 5.25. The number of fused-ring (bicyclic) bond motifs is 2. The Bertz CT molecular complexity index is 760. The Balaban J connectivity index is 1.80. The third-order valence-electron chi connectivity index (χ3n) is 7.57. The molecule has 0 saturated carbocycles. The summed E-state index contributed by atoms with van der Waals surface area (Å²) in [6.45, 7) is 0.579. The van der Waals surface area contributed by atoms with Crippen molar-refractivity contribution in [1.29, 1.82) is 0 Å². The van der Waals surface area contributed by atoms with Crippen molar-refractivity contribution >= 4 is 22.8 Å². The minimum Gasteiger partial charge on any atom is -0.468 e. The van der Waals surface area contributed by atoms with Crippen LogP contribution in [0.3, 0.4) is 0 Å². The largest absolute Gasteiger partial charge is 0.534 e. The van der Waals surface area contributed by atoms with E-state index < -0.39 is 32.8 Å². The van der Waals surface area contributed by atoms with Gasteiger partial charge < -0.3 is 8.92 Å². The minimum absolute atomic E-state index is 0.219. The van der Waals surface area contributed by atoms with E-state index in [-0.39, 0.29) is 12.8 Å². The lowest BCUT2D eigenvalue weighted by Gasteiger charge is -2.41. The van der Waals surface area contributed by atoms with Gasteiger partial charge in [0.15, 0.2) is 0 Å². The lowest BCUT2D eigenvalue weighted by atomic mass is 9.25. The first-order valence-electron chi connectivity index (χ1n) is 11.4. The molecule has 3 rings (SSSR count). The van der Waals surface area contributed by atoms with E-state index in [1.54, 1.807) is 0 Å². The zero-order valence-electron chi connectivity index (χ0n) is 18.1. The highest BCUT2D eigenvalue weighted by Crippen LogP contribution is 2.50. The van der Waals surface area contributed by atoms with E-state index in [1.807, 2.05) is 0 Å². The first-order chi connectivity index (χ1) is 14.6. The van der Waals surface area contributed by atoms with Gasteiger partial charge in [-0.25, -0.2) is 0 Å². The SMILES string of the molecule is COC(=O)C1(CCCB2C3CCCC2CCC3)CCCCC=C1OS(=O)(=O)C(F)(F)F. The van der Waals surface area contributed by atoms with Gasteiger partial charge in [0.25, 0.3) is 0 Å². The fourth-order valence-corrected chi connectivity index (χ4v) is 6.63. The second kappa shape index (κ2) is 9.75. The summed E-state index contributed by atoms with van der Waals surface area (Å²) in [6.07, 6.45) is 12.3. The molecule has 10 heteroatoms. The van der Waals surface area contributed by atoms with E-state index in [1.165, 1.54) is 51.7 Å². The highest BCUT2D eigenvalue weighted by Gasteiger charge is 2.53. The van der Waals surface area contributed by atoms with Crippen LogP contribution in [0.5, 0.6) is 0 Å². The van der Waals surface area contributed by atoms with Crippen LogP contribution in [-0.2, 0) is 23.8 Å². The van der Waals surface area contributed by atoms with Crippen LogP contribution < -0.4 is 0 Å². The number of ether oxygens (including phenoxy) is 1. The van der Waals surface area contributed by atoms with Crippen molar-refractivity contribution in [3.63, 3.8) is 0 Å². The number of alkyl halides is 3. The monoisotopic (exact) mass is 464 g/mol. The molecule has 1 unspecified atom stereocenters. The zero-order chi connectivity index (χ0) is 22.7. The van der Waals surface area contributed by atoms with Crippen LogP contribution in [0.2, 0.25) is 18.0 Å². The van der Waals surface area contributed by atoms with Crippen LogP contribution in [0.15, 0.2) is 11.8 Å². The van der Waals surface area contributed by atoms with E-state index in [0.29, 0.717) is 44.0 Å². The standard InChI is InChI=1S/C21H32BF3O5S/c1-29-19(26)20(14-7-15-22-16-8-5-9-17(22)11-6-10-16)13-4-2-3-12-18(20)30-31(27,28)21(23,24)25/h12,16-17H,2-11,13-15H2,1H3. The molecular formula is C21H32BF3O5S. The van der Waals surface area contributed by atoms with Gasteiger partial charge in [-0.3, -0.25) is 4.79 Å². The molecule has 2 saturated heterocycles. The van der Waals surface area contributed by atoms with Gasteiger partial charge >= 0.3 is 21.6 Å². The summed E-state index contributed by atoms with van der Waals surface area (Å²) >= 11 is 0. The smallest absolute Gasteiger partial charge is 0.468 e. The number of carbonyl (C=O) groups excluding carboxylic acids is 1. The fourth-order valence-electron chi connectivity index (χ4n) is 6.08. The van der Waals surface area contributed by atoms with Crippen LogP contribution in [0, 0.1) is 5.41 Å². The molecule has 0 aromatic rings. The molecule has 0 radical (unpaired) electrons. The van der Waals surface area contributed by atoms with E-state index >= 15 is 0 Å². The molecule has 2 heterocycles. The first-order valence-corrected chi connectivity index (χ1v) is 12.8. The van der Waals surface area contributed by atoms with Crippen molar-refractivity contribution in [3.05, 3.63) is 11.8 Å². The molecule has 0 N–H and O–H groups in total. The molecule has 176 valence electrons. The number of allylic oxidation sites excluding steroid dienone is 1. The number of methoxy groups -OCH3 is 1. The summed E-state index contributed by atoms with van der Waals surface area (Å²) in [5.41, 5.74) is -7.05. The Morgan fingerprint density at radius 2 is 1.74 bits per heavy atom.